The largest absolute Gasteiger partial charge is 0.244 e. The van der Waals surface area contributed by atoms with Crippen LogP contribution in [-0.4, -0.2) is 30.3 Å². The smallest absolute Gasteiger partial charge is 0.243 e. The van der Waals surface area contributed by atoms with Crippen LogP contribution in [0.15, 0.2) is 23.2 Å². The number of aromatic nitrogens is 1. The molecule has 0 spiro atoms. The van der Waals surface area contributed by atoms with Gasteiger partial charge in [0.25, 0.3) is 0 Å². The van der Waals surface area contributed by atoms with Gasteiger partial charge in [0.2, 0.25) is 10.0 Å². The third-order valence-corrected chi connectivity index (χ3v) is 5.81. The van der Waals surface area contributed by atoms with E-state index in [2.05, 4.69) is 11.9 Å². The summed E-state index contributed by atoms with van der Waals surface area (Å²) in [4.78, 5) is 4.04. The van der Waals surface area contributed by atoms with Gasteiger partial charge in [-0.15, -0.1) is 0 Å². The predicted molar refractivity (Wildman–Crippen MR) is 71.0 cm³/mol. The Morgan fingerprint density at radius 3 is 2.83 bits per heavy atom. The summed E-state index contributed by atoms with van der Waals surface area (Å²) in [5.74, 6) is 0.380. The van der Waals surface area contributed by atoms with Crippen molar-refractivity contribution in [3.8, 4) is 0 Å². The van der Waals surface area contributed by atoms with Gasteiger partial charge in [0.15, 0.2) is 0 Å². The molecule has 2 unspecified atom stereocenters. The second kappa shape index (κ2) is 5.15. The molecule has 0 aromatic carbocycles. The van der Waals surface area contributed by atoms with Crippen LogP contribution in [0, 0.1) is 5.92 Å². The molecule has 2 rings (SSSR count). The van der Waals surface area contributed by atoms with Crippen LogP contribution in [0.4, 0.5) is 0 Å². The summed E-state index contributed by atoms with van der Waals surface area (Å²) in [5, 5.41) is 0.203. The highest BCUT2D eigenvalue weighted by Crippen LogP contribution is 2.29. The van der Waals surface area contributed by atoms with Gasteiger partial charge in [0.05, 0.1) is 4.90 Å². The Kier molecular flexibility index (Phi) is 3.94. The molecule has 0 amide bonds. The lowest BCUT2D eigenvalue weighted by Crippen LogP contribution is -2.45. The molecule has 2 atom stereocenters. The van der Waals surface area contributed by atoms with Crippen LogP contribution in [-0.2, 0) is 10.0 Å². The molecule has 0 N–H and O–H groups in total. The van der Waals surface area contributed by atoms with Crippen LogP contribution in [0.3, 0.4) is 0 Å². The number of rotatable bonds is 2. The predicted octanol–water partition coefficient (Wildman–Crippen LogP) is 2.54. The number of hydrogen-bond donors (Lipinski definition) is 0. The highest BCUT2D eigenvalue weighted by atomic mass is 35.5. The minimum atomic E-state index is -3.46. The number of nitrogens with zero attached hydrogens (tertiary/aromatic N) is 2. The van der Waals surface area contributed by atoms with Crippen molar-refractivity contribution in [2.45, 2.75) is 37.6 Å². The van der Waals surface area contributed by atoms with Crippen molar-refractivity contribution in [2.24, 2.45) is 5.92 Å². The molecule has 0 radical (unpaired) electrons. The number of piperidine rings is 1. The molecule has 6 heteroatoms. The van der Waals surface area contributed by atoms with Crippen molar-refractivity contribution < 1.29 is 8.42 Å². The summed E-state index contributed by atoms with van der Waals surface area (Å²) in [5.41, 5.74) is 0. The van der Waals surface area contributed by atoms with Crippen LogP contribution in [0.1, 0.15) is 26.7 Å². The van der Waals surface area contributed by atoms with Crippen molar-refractivity contribution in [1.82, 2.24) is 9.29 Å². The molecule has 1 aromatic heterocycles. The van der Waals surface area contributed by atoms with Crippen molar-refractivity contribution >= 4 is 21.6 Å². The van der Waals surface area contributed by atoms with E-state index in [9.17, 15) is 8.42 Å². The summed E-state index contributed by atoms with van der Waals surface area (Å²) in [7, 11) is -3.46. The maximum atomic E-state index is 12.5. The zero-order valence-corrected chi connectivity index (χ0v) is 12.1. The molecule has 1 aromatic rings. The molecule has 1 fully saturated rings. The molecule has 1 aliphatic heterocycles. The minimum Gasteiger partial charge on any atom is -0.244 e. The Bertz CT molecular complexity index is 533. The lowest BCUT2D eigenvalue weighted by atomic mass is 9.94. The van der Waals surface area contributed by atoms with Gasteiger partial charge < -0.3 is 0 Å². The van der Waals surface area contributed by atoms with Gasteiger partial charge in [-0.2, -0.15) is 4.31 Å². The maximum Gasteiger partial charge on any atom is 0.243 e. The standard InChI is InChI=1S/C12H17ClN2O2S/c1-9-4-3-7-15(10(9)2)18(16,17)11-5-6-14-12(13)8-11/h5-6,8-10H,3-4,7H2,1-2H3. The van der Waals surface area contributed by atoms with E-state index in [1.165, 1.54) is 18.3 Å². The van der Waals surface area contributed by atoms with Crippen molar-refractivity contribution in [1.29, 1.82) is 0 Å². The Morgan fingerprint density at radius 1 is 1.44 bits per heavy atom. The van der Waals surface area contributed by atoms with Crippen LogP contribution in [0.25, 0.3) is 0 Å². The Hall–Kier alpha value is -0.650. The van der Waals surface area contributed by atoms with Gasteiger partial charge in [-0.05, 0) is 37.8 Å². The minimum absolute atomic E-state index is 0.0238. The molecule has 0 aliphatic carbocycles. The monoisotopic (exact) mass is 288 g/mol. The van der Waals surface area contributed by atoms with Gasteiger partial charge in [0, 0.05) is 18.8 Å². The van der Waals surface area contributed by atoms with Gasteiger partial charge in [-0.25, -0.2) is 13.4 Å². The van der Waals surface area contributed by atoms with Crippen LogP contribution >= 0.6 is 11.6 Å². The number of pyridine rings is 1. The molecule has 100 valence electrons. The highest BCUT2D eigenvalue weighted by molar-refractivity contribution is 7.89. The third-order valence-electron chi connectivity index (χ3n) is 3.62. The topological polar surface area (TPSA) is 50.3 Å². The normalized spacial score (nSPS) is 26.2. The van der Waals surface area contributed by atoms with E-state index in [1.807, 2.05) is 6.92 Å². The van der Waals surface area contributed by atoms with E-state index >= 15 is 0 Å². The second-order valence-electron chi connectivity index (χ2n) is 4.79. The van der Waals surface area contributed by atoms with E-state index in [1.54, 1.807) is 4.31 Å². The van der Waals surface area contributed by atoms with Crippen LogP contribution in [0.5, 0.6) is 0 Å². The van der Waals surface area contributed by atoms with Gasteiger partial charge in [0.1, 0.15) is 5.15 Å². The fraction of sp³-hybridized carbons (Fsp3) is 0.583. The molecule has 2 heterocycles. The van der Waals surface area contributed by atoms with E-state index in [-0.39, 0.29) is 16.1 Å². The van der Waals surface area contributed by atoms with Crippen molar-refractivity contribution in [2.75, 3.05) is 6.54 Å². The molecule has 18 heavy (non-hydrogen) atoms. The average molecular weight is 289 g/mol. The highest BCUT2D eigenvalue weighted by Gasteiger charge is 2.34. The fourth-order valence-electron chi connectivity index (χ4n) is 2.32. The molecule has 0 bridgehead atoms. The van der Waals surface area contributed by atoms with E-state index in [4.69, 9.17) is 11.6 Å². The summed E-state index contributed by atoms with van der Waals surface area (Å²) in [6.45, 7) is 4.63. The lowest BCUT2D eigenvalue weighted by molar-refractivity contribution is 0.202. The number of halogens is 1. The quantitative estimate of drug-likeness (QED) is 0.786. The SMILES string of the molecule is CC1CCCN(S(=O)(=O)c2ccnc(Cl)c2)C1C. The zero-order chi connectivity index (χ0) is 13.3. The maximum absolute atomic E-state index is 12.5. The first kappa shape index (κ1) is 13.8. The summed E-state index contributed by atoms with van der Waals surface area (Å²) in [6, 6.07) is 2.92. The molecular formula is C12H17ClN2O2S. The van der Waals surface area contributed by atoms with Crippen LogP contribution < -0.4 is 0 Å². The van der Waals surface area contributed by atoms with E-state index in [0.717, 1.165) is 12.8 Å². The third kappa shape index (κ3) is 2.53. The molecular weight excluding hydrogens is 272 g/mol. The molecule has 0 saturated carbocycles. The molecule has 4 nitrogen and oxygen atoms in total. The zero-order valence-electron chi connectivity index (χ0n) is 10.5. The summed E-state index contributed by atoms with van der Waals surface area (Å²) < 4.78 is 26.6. The van der Waals surface area contributed by atoms with Gasteiger partial charge >= 0.3 is 0 Å². The van der Waals surface area contributed by atoms with Gasteiger partial charge in [-0.3, -0.25) is 0 Å². The lowest BCUT2D eigenvalue weighted by Gasteiger charge is -2.36. The molecule has 1 aliphatic rings. The fourth-order valence-corrected chi connectivity index (χ4v) is 4.34. The van der Waals surface area contributed by atoms with Gasteiger partial charge in [-0.1, -0.05) is 18.5 Å². The average Bonchev–Trinajstić information content (AvgIpc) is 2.32. The summed E-state index contributed by atoms with van der Waals surface area (Å²) in [6.07, 6.45) is 3.40. The second-order valence-corrected chi connectivity index (χ2v) is 7.07. The van der Waals surface area contributed by atoms with Crippen molar-refractivity contribution in [3.63, 3.8) is 0 Å². The molecule has 1 saturated heterocycles. The first-order valence-electron chi connectivity index (χ1n) is 6.06. The number of hydrogen-bond acceptors (Lipinski definition) is 3. The number of sulfonamides is 1. The first-order valence-corrected chi connectivity index (χ1v) is 7.88. The Labute approximate surface area is 113 Å². The van der Waals surface area contributed by atoms with Crippen molar-refractivity contribution in [3.05, 3.63) is 23.5 Å². The van der Waals surface area contributed by atoms with E-state index < -0.39 is 10.0 Å². The van der Waals surface area contributed by atoms with Crippen LogP contribution in [0.2, 0.25) is 5.15 Å². The Balaban J connectivity index is 2.36. The van der Waals surface area contributed by atoms with E-state index in [0.29, 0.717) is 12.5 Å². The Morgan fingerprint density at radius 2 is 2.17 bits per heavy atom. The summed E-state index contributed by atoms with van der Waals surface area (Å²) >= 11 is 5.76. The first-order chi connectivity index (χ1) is 8.43.